The highest BCUT2D eigenvalue weighted by atomic mass is 16.5. The maximum atomic E-state index is 12.0. The van der Waals surface area contributed by atoms with Crippen molar-refractivity contribution in [3.63, 3.8) is 0 Å². The Balaban J connectivity index is 1.94. The van der Waals surface area contributed by atoms with Gasteiger partial charge in [0.1, 0.15) is 5.75 Å². The van der Waals surface area contributed by atoms with Gasteiger partial charge in [0.2, 0.25) is 5.95 Å². The number of hydrogen-bond donors (Lipinski definition) is 1. The first-order valence-electron chi connectivity index (χ1n) is 6.50. The van der Waals surface area contributed by atoms with Gasteiger partial charge in [-0.3, -0.25) is 4.79 Å². The van der Waals surface area contributed by atoms with E-state index >= 15 is 0 Å². The summed E-state index contributed by atoms with van der Waals surface area (Å²) in [6.07, 6.45) is 3.04. The fourth-order valence-electron chi connectivity index (χ4n) is 1.70. The molecule has 0 aliphatic carbocycles. The van der Waals surface area contributed by atoms with Crippen molar-refractivity contribution in [2.24, 2.45) is 0 Å². The van der Waals surface area contributed by atoms with Crippen LogP contribution < -0.4 is 15.0 Å². The van der Waals surface area contributed by atoms with Gasteiger partial charge in [0, 0.05) is 33.0 Å². The molecule has 1 heterocycles. The lowest BCUT2D eigenvalue weighted by Crippen LogP contribution is -2.23. The molecule has 0 atom stereocenters. The van der Waals surface area contributed by atoms with Crippen molar-refractivity contribution < 1.29 is 9.53 Å². The molecule has 1 N–H and O–H groups in total. The molecule has 0 radical (unpaired) electrons. The van der Waals surface area contributed by atoms with E-state index in [1.807, 2.05) is 38.4 Å². The molecule has 0 fully saturated rings. The van der Waals surface area contributed by atoms with Gasteiger partial charge in [0.05, 0.1) is 12.7 Å². The number of benzene rings is 1. The third kappa shape index (κ3) is 3.92. The van der Waals surface area contributed by atoms with Crippen LogP contribution in [0.1, 0.15) is 15.9 Å². The van der Waals surface area contributed by atoms with Crippen molar-refractivity contribution in [1.29, 1.82) is 0 Å². The lowest BCUT2D eigenvalue weighted by molar-refractivity contribution is 0.0950. The Hall–Kier alpha value is -2.63. The summed E-state index contributed by atoms with van der Waals surface area (Å²) in [6.45, 7) is 0.443. The third-order valence-corrected chi connectivity index (χ3v) is 2.91. The molecule has 110 valence electrons. The molecular weight excluding hydrogens is 268 g/mol. The van der Waals surface area contributed by atoms with Crippen LogP contribution in [0.5, 0.6) is 5.75 Å². The van der Waals surface area contributed by atoms with Gasteiger partial charge in [-0.2, -0.15) is 0 Å². The predicted molar refractivity (Wildman–Crippen MR) is 80.5 cm³/mol. The second-order valence-corrected chi connectivity index (χ2v) is 4.70. The highest BCUT2D eigenvalue weighted by Crippen LogP contribution is 2.11. The van der Waals surface area contributed by atoms with Crippen molar-refractivity contribution in [1.82, 2.24) is 15.3 Å². The van der Waals surface area contributed by atoms with Crippen molar-refractivity contribution in [3.05, 3.63) is 47.8 Å². The highest BCUT2D eigenvalue weighted by molar-refractivity contribution is 5.93. The number of ether oxygens (including phenoxy) is 1. The smallest absolute Gasteiger partial charge is 0.254 e. The van der Waals surface area contributed by atoms with Crippen molar-refractivity contribution in [3.8, 4) is 5.75 Å². The Morgan fingerprint density at radius 2 is 1.81 bits per heavy atom. The molecule has 0 bridgehead atoms. The Morgan fingerprint density at radius 3 is 2.33 bits per heavy atom. The molecule has 0 saturated carbocycles. The van der Waals surface area contributed by atoms with E-state index in [4.69, 9.17) is 4.74 Å². The number of methoxy groups -OCH3 is 1. The Morgan fingerprint density at radius 1 is 1.19 bits per heavy atom. The first kappa shape index (κ1) is 14.8. The second-order valence-electron chi connectivity index (χ2n) is 4.70. The summed E-state index contributed by atoms with van der Waals surface area (Å²) in [7, 11) is 5.31. The minimum Gasteiger partial charge on any atom is -0.497 e. The third-order valence-electron chi connectivity index (χ3n) is 2.91. The molecule has 2 aromatic rings. The lowest BCUT2D eigenvalue weighted by atomic mass is 10.2. The zero-order valence-electron chi connectivity index (χ0n) is 12.3. The minimum absolute atomic E-state index is 0.198. The normalized spacial score (nSPS) is 10.0. The van der Waals surface area contributed by atoms with E-state index in [1.54, 1.807) is 12.0 Å². The lowest BCUT2D eigenvalue weighted by Gasteiger charge is -2.10. The number of hydrogen-bond acceptors (Lipinski definition) is 5. The largest absolute Gasteiger partial charge is 0.497 e. The van der Waals surface area contributed by atoms with Crippen molar-refractivity contribution in [2.45, 2.75) is 6.54 Å². The van der Waals surface area contributed by atoms with Crippen molar-refractivity contribution >= 4 is 11.9 Å². The molecule has 1 amide bonds. The predicted octanol–water partition coefficient (Wildman–Crippen LogP) is 1.48. The summed E-state index contributed by atoms with van der Waals surface area (Å²) >= 11 is 0. The summed E-state index contributed by atoms with van der Waals surface area (Å²) in [5, 5.41) is 2.83. The maximum Gasteiger partial charge on any atom is 0.254 e. The number of nitrogens with zero attached hydrogens (tertiary/aromatic N) is 3. The molecule has 1 aromatic heterocycles. The van der Waals surface area contributed by atoms with Gasteiger partial charge in [-0.25, -0.2) is 9.97 Å². The summed E-state index contributed by atoms with van der Waals surface area (Å²) in [4.78, 5) is 22.0. The van der Waals surface area contributed by atoms with Crippen molar-refractivity contribution in [2.75, 3.05) is 26.1 Å². The zero-order chi connectivity index (χ0) is 15.2. The molecule has 0 saturated heterocycles. The number of rotatable bonds is 5. The number of aromatic nitrogens is 2. The van der Waals surface area contributed by atoms with Gasteiger partial charge in [-0.05, 0) is 17.7 Å². The average Bonchev–Trinajstić information content (AvgIpc) is 2.53. The molecular formula is C15H18N4O2. The molecule has 2 rings (SSSR count). The topological polar surface area (TPSA) is 67.3 Å². The summed E-state index contributed by atoms with van der Waals surface area (Å²) in [5.74, 6) is 1.16. The molecule has 21 heavy (non-hydrogen) atoms. The van der Waals surface area contributed by atoms with E-state index in [0.29, 0.717) is 18.1 Å². The molecule has 6 nitrogen and oxygen atoms in total. The first-order valence-corrected chi connectivity index (χ1v) is 6.50. The van der Waals surface area contributed by atoms with E-state index in [0.717, 1.165) is 11.3 Å². The van der Waals surface area contributed by atoms with Gasteiger partial charge >= 0.3 is 0 Å². The number of carbonyl (C=O) groups excluding carboxylic acids is 1. The number of anilines is 1. The van der Waals surface area contributed by atoms with Crippen LogP contribution in [0.25, 0.3) is 0 Å². The van der Waals surface area contributed by atoms with Gasteiger partial charge in [0.25, 0.3) is 5.91 Å². The van der Waals surface area contributed by atoms with Crippen LogP contribution in [0.3, 0.4) is 0 Å². The zero-order valence-corrected chi connectivity index (χ0v) is 12.3. The average molecular weight is 286 g/mol. The molecule has 0 spiro atoms. The van der Waals surface area contributed by atoms with E-state index in [-0.39, 0.29) is 5.91 Å². The standard InChI is InChI=1S/C15H18N4O2/c1-19(2)15-17-9-12(10-18-15)14(20)16-8-11-4-6-13(21-3)7-5-11/h4-7,9-10H,8H2,1-3H3,(H,16,20). The SMILES string of the molecule is COc1ccc(CNC(=O)c2cnc(N(C)C)nc2)cc1. The second kappa shape index (κ2) is 6.69. The molecule has 0 aliphatic heterocycles. The van der Waals surface area contributed by atoms with Crippen LogP contribution in [0.2, 0.25) is 0 Å². The Labute approximate surface area is 123 Å². The van der Waals surface area contributed by atoms with Gasteiger partial charge in [-0.1, -0.05) is 12.1 Å². The van der Waals surface area contributed by atoms with E-state index in [2.05, 4.69) is 15.3 Å². The van der Waals surface area contributed by atoms with E-state index in [9.17, 15) is 4.79 Å². The summed E-state index contributed by atoms with van der Waals surface area (Å²) in [5.41, 5.74) is 1.43. The molecule has 6 heteroatoms. The van der Waals surface area contributed by atoms with E-state index < -0.39 is 0 Å². The summed E-state index contributed by atoms with van der Waals surface area (Å²) < 4.78 is 5.09. The number of nitrogens with one attached hydrogen (secondary N) is 1. The molecule has 0 unspecified atom stereocenters. The maximum absolute atomic E-state index is 12.0. The van der Waals surface area contributed by atoms with E-state index in [1.165, 1.54) is 12.4 Å². The van der Waals surface area contributed by atoms with Crippen LogP contribution in [0.4, 0.5) is 5.95 Å². The number of amides is 1. The monoisotopic (exact) mass is 286 g/mol. The molecule has 1 aromatic carbocycles. The first-order chi connectivity index (χ1) is 10.1. The number of carbonyl (C=O) groups is 1. The van der Waals surface area contributed by atoms with Crippen LogP contribution in [-0.2, 0) is 6.54 Å². The fraction of sp³-hybridized carbons (Fsp3) is 0.267. The fourth-order valence-corrected chi connectivity index (χ4v) is 1.70. The highest BCUT2D eigenvalue weighted by Gasteiger charge is 2.07. The van der Waals surface area contributed by atoms with Gasteiger partial charge in [-0.15, -0.1) is 0 Å². The van der Waals surface area contributed by atoms with Crippen LogP contribution in [-0.4, -0.2) is 37.1 Å². The molecule has 0 aliphatic rings. The van der Waals surface area contributed by atoms with Crippen LogP contribution in [0.15, 0.2) is 36.7 Å². The summed E-state index contributed by atoms with van der Waals surface area (Å²) in [6, 6.07) is 7.53. The van der Waals surface area contributed by atoms with Crippen LogP contribution >= 0.6 is 0 Å². The van der Waals surface area contributed by atoms with Gasteiger partial charge < -0.3 is 15.0 Å². The Kier molecular flexibility index (Phi) is 4.71. The Bertz CT molecular complexity index is 594. The van der Waals surface area contributed by atoms with Crippen LogP contribution in [0, 0.1) is 0 Å². The quantitative estimate of drug-likeness (QED) is 0.901. The minimum atomic E-state index is -0.198. The van der Waals surface area contributed by atoms with Gasteiger partial charge in [0.15, 0.2) is 0 Å².